The molecule has 2 aromatic rings. The number of benzene rings is 2. The summed E-state index contributed by atoms with van der Waals surface area (Å²) in [6, 6.07) is 10.1. The number of hydrogen-bond donors (Lipinski definition) is 2. The molecular weight excluding hydrogens is 304 g/mol. The van der Waals surface area contributed by atoms with Gasteiger partial charge in [0.05, 0.1) is 12.2 Å². The first kappa shape index (κ1) is 15.7. The summed E-state index contributed by atoms with van der Waals surface area (Å²) in [5.74, 6) is -0.629. The quantitative estimate of drug-likeness (QED) is 0.860. The molecule has 0 spiro atoms. The predicted molar refractivity (Wildman–Crippen MR) is 81.7 cm³/mol. The van der Waals surface area contributed by atoms with Crippen molar-refractivity contribution in [2.24, 2.45) is 5.41 Å². The average molecular weight is 321 g/mol. The van der Waals surface area contributed by atoms with Gasteiger partial charge in [0.2, 0.25) is 0 Å². The zero-order valence-electron chi connectivity index (χ0n) is 12.4. The lowest BCUT2D eigenvalue weighted by molar-refractivity contribution is -0.0500. The molecule has 3 rings (SSSR count). The third-order valence-electron chi connectivity index (χ3n) is 4.23. The molecule has 6 heteroatoms. The molecule has 0 aliphatic heterocycles. The number of ether oxygens (including phenoxy) is 1. The lowest BCUT2D eigenvalue weighted by Crippen LogP contribution is -2.32. The summed E-state index contributed by atoms with van der Waals surface area (Å²) in [4.78, 5) is 12.4. The normalized spacial score (nSPS) is 15.7. The van der Waals surface area contributed by atoms with Crippen LogP contribution in [0.5, 0.6) is 5.75 Å². The minimum absolute atomic E-state index is 0.00535. The van der Waals surface area contributed by atoms with Gasteiger partial charge in [-0.05, 0) is 35.7 Å². The van der Waals surface area contributed by atoms with Crippen molar-refractivity contribution in [1.29, 1.82) is 0 Å². The van der Waals surface area contributed by atoms with Gasteiger partial charge in [-0.2, -0.15) is 8.78 Å². The van der Waals surface area contributed by atoms with E-state index < -0.39 is 12.5 Å². The standard InChI is InChI=1S/C17H17F2NO3/c18-16(19)23-14-8-12-4-2-1-3-11(12)7-13(14)15(22)20-9-17(10-21)5-6-17/h1-4,7-8,16,21H,5-6,9-10H2,(H,20,22). The van der Waals surface area contributed by atoms with E-state index in [0.29, 0.717) is 11.9 Å². The van der Waals surface area contributed by atoms with Crippen LogP contribution in [0.15, 0.2) is 36.4 Å². The van der Waals surface area contributed by atoms with Crippen LogP contribution < -0.4 is 10.1 Å². The van der Waals surface area contributed by atoms with E-state index in [2.05, 4.69) is 10.1 Å². The molecule has 122 valence electrons. The predicted octanol–water partition coefficient (Wildman–Crippen LogP) is 2.94. The molecule has 0 bridgehead atoms. The van der Waals surface area contributed by atoms with Crippen molar-refractivity contribution < 1.29 is 23.4 Å². The number of fused-ring (bicyclic) bond motifs is 1. The molecule has 0 saturated heterocycles. The SMILES string of the molecule is O=C(NCC1(CO)CC1)c1cc2ccccc2cc1OC(F)F. The van der Waals surface area contributed by atoms with Crippen molar-refractivity contribution >= 4 is 16.7 Å². The molecule has 1 aliphatic rings. The summed E-state index contributed by atoms with van der Waals surface area (Å²) >= 11 is 0. The van der Waals surface area contributed by atoms with E-state index in [0.717, 1.165) is 18.2 Å². The molecule has 1 saturated carbocycles. The van der Waals surface area contributed by atoms with Gasteiger partial charge >= 0.3 is 6.61 Å². The van der Waals surface area contributed by atoms with E-state index in [4.69, 9.17) is 0 Å². The van der Waals surface area contributed by atoms with Gasteiger partial charge in [0.25, 0.3) is 5.91 Å². The van der Waals surface area contributed by atoms with E-state index in [1.54, 1.807) is 24.3 Å². The van der Waals surface area contributed by atoms with Crippen LogP contribution in [0, 0.1) is 5.41 Å². The van der Waals surface area contributed by atoms with Crippen LogP contribution in [0.2, 0.25) is 0 Å². The number of halogens is 2. The summed E-state index contributed by atoms with van der Waals surface area (Å²) < 4.78 is 29.7. The summed E-state index contributed by atoms with van der Waals surface area (Å²) in [6.07, 6.45) is 1.70. The van der Waals surface area contributed by atoms with Crippen molar-refractivity contribution in [2.75, 3.05) is 13.2 Å². The Bertz CT molecular complexity index is 729. The Kier molecular flexibility index (Phi) is 4.17. The molecule has 0 aromatic heterocycles. The molecule has 1 fully saturated rings. The Morgan fingerprint density at radius 2 is 1.91 bits per heavy atom. The van der Waals surface area contributed by atoms with E-state index in [1.165, 1.54) is 6.07 Å². The average Bonchev–Trinajstić information content (AvgIpc) is 3.32. The summed E-state index contributed by atoms with van der Waals surface area (Å²) in [7, 11) is 0. The van der Waals surface area contributed by atoms with Crippen LogP contribution in [0.25, 0.3) is 10.8 Å². The van der Waals surface area contributed by atoms with Gasteiger partial charge < -0.3 is 15.2 Å². The topological polar surface area (TPSA) is 58.6 Å². The second-order valence-electron chi connectivity index (χ2n) is 5.91. The van der Waals surface area contributed by atoms with Gasteiger partial charge in [0.1, 0.15) is 5.75 Å². The van der Waals surface area contributed by atoms with Crippen LogP contribution in [0.3, 0.4) is 0 Å². The fourth-order valence-electron chi connectivity index (χ4n) is 2.52. The van der Waals surface area contributed by atoms with Crippen molar-refractivity contribution in [3.8, 4) is 5.75 Å². The van der Waals surface area contributed by atoms with Gasteiger partial charge in [-0.25, -0.2) is 0 Å². The molecule has 0 atom stereocenters. The van der Waals surface area contributed by atoms with Crippen LogP contribution in [-0.4, -0.2) is 30.8 Å². The summed E-state index contributed by atoms with van der Waals surface area (Å²) in [6.45, 7) is -2.68. The molecule has 0 heterocycles. The first-order chi connectivity index (χ1) is 11.0. The highest BCUT2D eigenvalue weighted by Crippen LogP contribution is 2.44. The second kappa shape index (κ2) is 6.12. The van der Waals surface area contributed by atoms with Crippen LogP contribution in [-0.2, 0) is 0 Å². The minimum atomic E-state index is -3.00. The van der Waals surface area contributed by atoms with Crippen molar-refractivity contribution in [2.45, 2.75) is 19.5 Å². The Morgan fingerprint density at radius 1 is 1.26 bits per heavy atom. The van der Waals surface area contributed by atoms with Gasteiger partial charge in [-0.3, -0.25) is 4.79 Å². The number of aliphatic hydroxyl groups is 1. The van der Waals surface area contributed by atoms with Gasteiger partial charge in [0, 0.05) is 12.0 Å². The monoisotopic (exact) mass is 321 g/mol. The van der Waals surface area contributed by atoms with Crippen LogP contribution in [0.4, 0.5) is 8.78 Å². The van der Waals surface area contributed by atoms with Crippen molar-refractivity contribution in [3.05, 3.63) is 42.0 Å². The highest BCUT2D eigenvalue weighted by Gasteiger charge is 2.42. The first-order valence-electron chi connectivity index (χ1n) is 7.40. The highest BCUT2D eigenvalue weighted by molar-refractivity contribution is 6.01. The van der Waals surface area contributed by atoms with E-state index in [-0.39, 0.29) is 23.3 Å². The van der Waals surface area contributed by atoms with Gasteiger partial charge in [0.15, 0.2) is 0 Å². The van der Waals surface area contributed by atoms with Crippen molar-refractivity contribution in [1.82, 2.24) is 5.32 Å². The maximum absolute atomic E-state index is 12.6. The zero-order chi connectivity index (χ0) is 16.4. The number of alkyl halides is 2. The number of carbonyl (C=O) groups excluding carboxylic acids is 1. The van der Waals surface area contributed by atoms with Crippen LogP contribution in [0.1, 0.15) is 23.2 Å². The van der Waals surface area contributed by atoms with Gasteiger partial charge in [-0.15, -0.1) is 0 Å². The Hall–Kier alpha value is -2.21. The number of amides is 1. The van der Waals surface area contributed by atoms with Crippen LogP contribution >= 0.6 is 0 Å². The van der Waals surface area contributed by atoms with Crippen molar-refractivity contribution in [3.63, 3.8) is 0 Å². The third-order valence-corrected chi connectivity index (χ3v) is 4.23. The van der Waals surface area contributed by atoms with Gasteiger partial charge in [-0.1, -0.05) is 24.3 Å². The zero-order valence-corrected chi connectivity index (χ0v) is 12.4. The summed E-state index contributed by atoms with van der Waals surface area (Å²) in [5.41, 5.74) is -0.186. The fourth-order valence-corrected chi connectivity index (χ4v) is 2.52. The lowest BCUT2D eigenvalue weighted by Gasteiger charge is -2.15. The lowest BCUT2D eigenvalue weighted by atomic mass is 10.0. The fraction of sp³-hybridized carbons (Fsp3) is 0.353. The second-order valence-corrected chi connectivity index (χ2v) is 5.91. The molecule has 2 aromatic carbocycles. The largest absolute Gasteiger partial charge is 0.434 e. The molecule has 0 radical (unpaired) electrons. The minimum Gasteiger partial charge on any atom is -0.434 e. The number of aliphatic hydroxyl groups excluding tert-OH is 1. The molecular formula is C17H17F2NO3. The molecule has 23 heavy (non-hydrogen) atoms. The summed E-state index contributed by atoms with van der Waals surface area (Å²) in [5, 5.41) is 13.5. The third kappa shape index (κ3) is 3.42. The number of rotatable bonds is 6. The van der Waals surface area contributed by atoms with E-state index in [9.17, 15) is 18.7 Å². The number of carbonyl (C=O) groups is 1. The molecule has 4 nitrogen and oxygen atoms in total. The molecule has 0 unspecified atom stereocenters. The Balaban J connectivity index is 1.88. The number of nitrogens with one attached hydrogen (secondary N) is 1. The molecule has 1 amide bonds. The first-order valence-corrected chi connectivity index (χ1v) is 7.40. The highest BCUT2D eigenvalue weighted by atomic mass is 19.3. The molecule has 1 aliphatic carbocycles. The van der Waals surface area contributed by atoms with E-state index >= 15 is 0 Å². The maximum Gasteiger partial charge on any atom is 0.387 e. The Labute approximate surface area is 132 Å². The smallest absolute Gasteiger partial charge is 0.387 e. The Morgan fingerprint density at radius 3 is 2.48 bits per heavy atom. The van der Waals surface area contributed by atoms with E-state index in [1.807, 2.05) is 6.07 Å². The molecule has 2 N–H and O–H groups in total. The maximum atomic E-state index is 12.6. The number of hydrogen-bond acceptors (Lipinski definition) is 3.